The summed E-state index contributed by atoms with van der Waals surface area (Å²) in [5.74, 6) is 1.64. The Morgan fingerprint density at radius 2 is 1.96 bits per heavy atom. The molecular formula is C21H40N4O. The van der Waals surface area contributed by atoms with E-state index in [0.717, 1.165) is 25.7 Å². The highest BCUT2D eigenvalue weighted by molar-refractivity contribution is 5.80. The molecule has 3 unspecified atom stereocenters. The van der Waals surface area contributed by atoms with Crippen molar-refractivity contribution in [2.24, 2.45) is 16.3 Å². The van der Waals surface area contributed by atoms with E-state index in [-0.39, 0.29) is 5.41 Å². The number of ether oxygens (including phenoxy) is 1. The van der Waals surface area contributed by atoms with Crippen LogP contribution in [0, 0.1) is 11.3 Å². The van der Waals surface area contributed by atoms with E-state index in [1.807, 2.05) is 0 Å². The summed E-state index contributed by atoms with van der Waals surface area (Å²) in [4.78, 5) is 7.48. The van der Waals surface area contributed by atoms with Crippen LogP contribution in [-0.4, -0.2) is 62.3 Å². The summed E-state index contributed by atoms with van der Waals surface area (Å²) in [5, 5.41) is 7.14. The number of hydrogen-bond acceptors (Lipinski definition) is 3. The van der Waals surface area contributed by atoms with Gasteiger partial charge in [-0.25, -0.2) is 0 Å². The third kappa shape index (κ3) is 4.72. The summed E-state index contributed by atoms with van der Waals surface area (Å²) in [6.45, 7) is 13.5. The summed E-state index contributed by atoms with van der Waals surface area (Å²) in [6.07, 6.45) is 9.62. The Hall–Kier alpha value is -0.810. The zero-order valence-corrected chi connectivity index (χ0v) is 17.2. The highest BCUT2D eigenvalue weighted by Gasteiger charge is 2.59. The third-order valence-electron chi connectivity index (χ3n) is 6.59. The van der Waals surface area contributed by atoms with E-state index in [2.05, 4.69) is 36.3 Å². The maximum absolute atomic E-state index is 5.91. The van der Waals surface area contributed by atoms with E-state index in [1.165, 1.54) is 64.6 Å². The van der Waals surface area contributed by atoms with Crippen LogP contribution in [0.2, 0.25) is 0 Å². The van der Waals surface area contributed by atoms with Gasteiger partial charge in [0.2, 0.25) is 0 Å². The smallest absolute Gasteiger partial charge is 0.191 e. The van der Waals surface area contributed by atoms with Crippen molar-refractivity contribution in [1.82, 2.24) is 15.5 Å². The van der Waals surface area contributed by atoms with Gasteiger partial charge in [-0.1, -0.05) is 26.7 Å². The van der Waals surface area contributed by atoms with Gasteiger partial charge in [-0.15, -0.1) is 0 Å². The van der Waals surface area contributed by atoms with Crippen molar-refractivity contribution in [2.75, 3.05) is 39.3 Å². The minimum atomic E-state index is 0.200. The van der Waals surface area contributed by atoms with Gasteiger partial charge in [0.05, 0.1) is 6.10 Å². The highest BCUT2D eigenvalue weighted by Crippen LogP contribution is 2.52. The molecule has 2 N–H and O–H groups in total. The Morgan fingerprint density at radius 1 is 1.15 bits per heavy atom. The number of fused-ring (bicyclic) bond motifs is 1. The molecule has 0 radical (unpaired) electrons. The molecule has 2 saturated heterocycles. The molecule has 1 aliphatic carbocycles. The first-order valence-electron chi connectivity index (χ1n) is 11.0. The second-order valence-electron chi connectivity index (χ2n) is 8.91. The number of piperidine rings is 1. The van der Waals surface area contributed by atoms with Crippen LogP contribution in [0.1, 0.15) is 65.7 Å². The number of aliphatic imine (C=N–C) groups is 1. The SMILES string of the molecule is CCNC(=NCCCCCN1CCCCC1)NC1C2CCOC2C1(C)C. The molecule has 0 amide bonds. The van der Waals surface area contributed by atoms with Gasteiger partial charge in [-0.2, -0.15) is 0 Å². The van der Waals surface area contributed by atoms with Gasteiger partial charge in [-0.05, 0) is 58.7 Å². The molecule has 0 spiro atoms. The molecule has 150 valence electrons. The Balaban J connectivity index is 1.37. The lowest BCUT2D eigenvalue weighted by Gasteiger charge is -2.54. The molecule has 26 heavy (non-hydrogen) atoms. The van der Waals surface area contributed by atoms with Crippen molar-refractivity contribution in [2.45, 2.75) is 77.9 Å². The zero-order chi connectivity index (χ0) is 18.4. The summed E-state index contributed by atoms with van der Waals surface area (Å²) in [7, 11) is 0. The normalized spacial score (nSPS) is 31.3. The fourth-order valence-corrected chi connectivity index (χ4v) is 5.08. The van der Waals surface area contributed by atoms with Gasteiger partial charge >= 0.3 is 0 Å². The largest absolute Gasteiger partial charge is 0.377 e. The maximum atomic E-state index is 5.91. The lowest BCUT2D eigenvalue weighted by atomic mass is 9.57. The van der Waals surface area contributed by atoms with E-state index >= 15 is 0 Å². The maximum Gasteiger partial charge on any atom is 0.191 e. The van der Waals surface area contributed by atoms with Crippen LogP contribution in [0.25, 0.3) is 0 Å². The van der Waals surface area contributed by atoms with Crippen LogP contribution in [-0.2, 0) is 4.74 Å². The molecule has 1 saturated carbocycles. The molecule has 0 aromatic carbocycles. The molecule has 5 nitrogen and oxygen atoms in total. The minimum Gasteiger partial charge on any atom is -0.377 e. The van der Waals surface area contributed by atoms with Crippen molar-refractivity contribution in [1.29, 1.82) is 0 Å². The van der Waals surface area contributed by atoms with Crippen LogP contribution in [0.3, 0.4) is 0 Å². The second kappa shape index (κ2) is 9.41. The Bertz CT molecular complexity index is 459. The molecule has 2 aliphatic heterocycles. The van der Waals surface area contributed by atoms with E-state index in [4.69, 9.17) is 9.73 Å². The molecule has 0 aromatic heterocycles. The summed E-state index contributed by atoms with van der Waals surface area (Å²) < 4.78 is 5.91. The Labute approximate surface area is 160 Å². The van der Waals surface area contributed by atoms with Gasteiger partial charge < -0.3 is 20.3 Å². The fourth-order valence-electron chi connectivity index (χ4n) is 5.08. The van der Waals surface area contributed by atoms with Crippen molar-refractivity contribution in [3.8, 4) is 0 Å². The predicted molar refractivity (Wildman–Crippen MR) is 109 cm³/mol. The molecule has 5 heteroatoms. The molecule has 0 aromatic rings. The molecule has 3 fully saturated rings. The van der Waals surface area contributed by atoms with E-state index in [9.17, 15) is 0 Å². The fraction of sp³-hybridized carbons (Fsp3) is 0.952. The van der Waals surface area contributed by atoms with Crippen LogP contribution < -0.4 is 10.6 Å². The summed E-state index contributed by atoms with van der Waals surface area (Å²) in [5.41, 5.74) is 0.200. The number of nitrogens with one attached hydrogen (secondary N) is 2. The van der Waals surface area contributed by atoms with Crippen molar-refractivity contribution in [3.63, 3.8) is 0 Å². The average Bonchev–Trinajstić information content (AvgIpc) is 3.10. The lowest BCUT2D eigenvalue weighted by Crippen LogP contribution is -2.67. The molecule has 3 atom stereocenters. The monoisotopic (exact) mass is 364 g/mol. The first-order chi connectivity index (χ1) is 12.6. The summed E-state index contributed by atoms with van der Waals surface area (Å²) >= 11 is 0. The quantitative estimate of drug-likeness (QED) is 0.395. The Morgan fingerprint density at radius 3 is 2.73 bits per heavy atom. The Kier molecular flexibility index (Phi) is 7.21. The zero-order valence-electron chi connectivity index (χ0n) is 17.2. The number of guanidine groups is 1. The number of hydrogen-bond donors (Lipinski definition) is 2. The molecule has 0 bridgehead atoms. The number of nitrogens with zero attached hydrogens (tertiary/aromatic N) is 2. The van der Waals surface area contributed by atoms with Gasteiger partial charge in [0, 0.05) is 37.1 Å². The van der Waals surface area contributed by atoms with Gasteiger partial charge in [0.1, 0.15) is 0 Å². The van der Waals surface area contributed by atoms with E-state index in [1.54, 1.807) is 0 Å². The molecule has 3 rings (SSSR count). The molecule has 3 aliphatic rings. The highest BCUT2D eigenvalue weighted by atomic mass is 16.5. The predicted octanol–water partition coefficient (Wildman–Crippen LogP) is 3.01. The van der Waals surface area contributed by atoms with Crippen molar-refractivity contribution >= 4 is 5.96 Å². The van der Waals surface area contributed by atoms with Crippen molar-refractivity contribution < 1.29 is 4.74 Å². The molecular weight excluding hydrogens is 324 g/mol. The van der Waals surface area contributed by atoms with Crippen LogP contribution in [0.4, 0.5) is 0 Å². The first kappa shape index (κ1) is 19.9. The number of unbranched alkanes of at least 4 members (excludes halogenated alkanes) is 2. The van der Waals surface area contributed by atoms with Gasteiger partial charge in [-0.3, -0.25) is 4.99 Å². The van der Waals surface area contributed by atoms with Gasteiger partial charge in [0.25, 0.3) is 0 Å². The minimum absolute atomic E-state index is 0.200. The van der Waals surface area contributed by atoms with E-state index < -0.39 is 0 Å². The van der Waals surface area contributed by atoms with Crippen LogP contribution >= 0.6 is 0 Å². The topological polar surface area (TPSA) is 48.9 Å². The third-order valence-corrected chi connectivity index (χ3v) is 6.59. The first-order valence-corrected chi connectivity index (χ1v) is 11.0. The lowest BCUT2D eigenvalue weighted by molar-refractivity contribution is -0.106. The van der Waals surface area contributed by atoms with Crippen molar-refractivity contribution in [3.05, 3.63) is 0 Å². The van der Waals surface area contributed by atoms with Crippen LogP contribution in [0.5, 0.6) is 0 Å². The van der Waals surface area contributed by atoms with Gasteiger partial charge in [0.15, 0.2) is 5.96 Å². The standard InChI is InChI=1S/C21H40N4O/c1-4-22-20(24-18-17-11-16-26-19(17)21(18,2)3)23-12-7-5-8-13-25-14-9-6-10-15-25/h17-19H,4-16H2,1-3H3,(H2,22,23,24). The number of rotatable bonds is 8. The van der Waals surface area contributed by atoms with E-state index in [0.29, 0.717) is 18.1 Å². The average molecular weight is 365 g/mol. The summed E-state index contributed by atoms with van der Waals surface area (Å²) in [6, 6.07) is 0.479. The van der Waals surface area contributed by atoms with Crippen LogP contribution in [0.15, 0.2) is 4.99 Å². The number of likely N-dealkylation sites (tertiary alicyclic amines) is 1. The second-order valence-corrected chi connectivity index (χ2v) is 8.91. The molecule has 2 heterocycles.